The molecule has 23 heavy (non-hydrogen) atoms. The Balaban J connectivity index is 1.93. The molecule has 0 fully saturated rings. The normalized spacial score (nSPS) is 11.0. The van der Waals surface area contributed by atoms with Crippen LogP contribution < -0.4 is 10.1 Å². The number of fused-ring (bicyclic) bond motifs is 1. The molecular weight excluding hydrogens is 294 g/mol. The van der Waals surface area contributed by atoms with Gasteiger partial charge in [0.1, 0.15) is 0 Å². The third kappa shape index (κ3) is 2.67. The Morgan fingerprint density at radius 3 is 2.83 bits per heavy atom. The number of rotatable bonds is 4. The van der Waals surface area contributed by atoms with Crippen LogP contribution in [0.15, 0.2) is 28.7 Å². The van der Waals surface area contributed by atoms with E-state index in [1.807, 2.05) is 46.0 Å². The van der Waals surface area contributed by atoms with Crippen LogP contribution in [0.4, 0.5) is 5.69 Å². The lowest BCUT2D eigenvalue weighted by Crippen LogP contribution is -2.12. The van der Waals surface area contributed by atoms with Crippen LogP contribution in [0.2, 0.25) is 0 Å². The summed E-state index contributed by atoms with van der Waals surface area (Å²) in [7, 11) is 1.84. The molecule has 0 atom stereocenters. The lowest BCUT2D eigenvalue weighted by atomic mass is 10.2. The van der Waals surface area contributed by atoms with Gasteiger partial charge < -0.3 is 14.5 Å². The van der Waals surface area contributed by atoms with Gasteiger partial charge in [-0.1, -0.05) is 12.1 Å². The Kier molecular flexibility index (Phi) is 3.82. The van der Waals surface area contributed by atoms with Gasteiger partial charge in [0.2, 0.25) is 0 Å². The number of carbonyl (C=O) groups excluding carboxylic acids is 1. The van der Waals surface area contributed by atoms with Gasteiger partial charge in [-0.25, -0.2) is 0 Å². The van der Waals surface area contributed by atoms with Crippen LogP contribution in [0.3, 0.4) is 0 Å². The minimum Gasteiger partial charge on any atom is -0.490 e. The lowest BCUT2D eigenvalue weighted by molar-refractivity contribution is 0.0998. The van der Waals surface area contributed by atoms with E-state index in [1.165, 1.54) is 0 Å². The molecule has 0 spiro atoms. The molecule has 3 rings (SSSR count). The fourth-order valence-electron chi connectivity index (χ4n) is 2.55. The predicted molar refractivity (Wildman–Crippen MR) is 88.0 cm³/mol. The molecule has 0 saturated carbocycles. The number of nitrogens with zero attached hydrogens (tertiary/aromatic N) is 2. The Hall–Kier alpha value is -2.76. The molecule has 0 aliphatic heterocycles. The van der Waals surface area contributed by atoms with E-state index in [0.717, 1.165) is 16.8 Å². The second kappa shape index (κ2) is 5.79. The van der Waals surface area contributed by atoms with Crippen LogP contribution >= 0.6 is 0 Å². The number of para-hydroxylation sites is 1. The Morgan fingerprint density at radius 2 is 2.17 bits per heavy atom. The average molecular weight is 313 g/mol. The summed E-state index contributed by atoms with van der Waals surface area (Å²) in [5.41, 5.74) is 2.95. The zero-order valence-electron chi connectivity index (χ0n) is 13.6. The zero-order valence-corrected chi connectivity index (χ0v) is 13.6. The summed E-state index contributed by atoms with van der Waals surface area (Å²) in [6, 6.07) is 7.30. The monoisotopic (exact) mass is 313 g/mol. The maximum Gasteiger partial charge on any atom is 0.291 e. The second-order valence-electron chi connectivity index (χ2n) is 5.34. The van der Waals surface area contributed by atoms with Crippen molar-refractivity contribution in [2.24, 2.45) is 7.05 Å². The molecule has 6 heteroatoms. The number of hydrogen-bond acceptors (Lipinski definition) is 4. The van der Waals surface area contributed by atoms with Gasteiger partial charge in [0.05, 0.1) is 23.7 Å². The molecule has 0 radical (unpaired) electrons. The largest absolute Gasteiger partial charge is 0.490 e. The quantitative estimate of drug-likeness (QED) is 0.801. The van der Waals surface area contributed by atoms with Gasteiger partial charge in [-0.05, 0) is 32.9 Å². The second-order valence-corrected chi connectivity index (χ2v) is 5.34. The first-order valence-corrected chi connectivity index (χ1v) is 7.48. The van der Waals surface area contributed by atoms with Gasteiger partial charge in [0, 0.05) is 12.4 Å². The molecule has 3 aromatic rings. The first-order valence-electron chi connectivity index (χ1n) is 7.48. The molecular formula is C17H19N3O3. The molecule has 0 saturated heterocycles. The fraction of sp³-hybridized carbons (Fsp3) is 0.294. The SMILES string of the molecule is CCOc1cccc2cc(C(=O)Nc3c(C)nn(C)c3C)oc12. The van der Waals surface area contributed by atoms with E-state index < -0.39 is 0 Å². The van der Waals surface area contributed by atoms with Crippen molar-refractivity contribution in [2.75, 3.05) is 11.9 Å². The fourth-order valence-corrected chi connectivity index (χ4v) is 2.55. The minimum atomic E-state index is -0.303. The highest BCUT2D eigenvalue weighted by molar-refractivity contribution is 6.05. The molecule has 0 bridgehead atoms. The number of benzene rings is 1. The summed E-state index contributed by atoms with van der Waals surface area (Å²) in [5.74, 6) is 0.579. The van der Waals surface area contributed by atoms with Gasteiger partial charge >= 0.3 is 0 Å². The Bertz CT molecular complexity index is 877. The topological polar surface area (TPSA) is 69.3 Å². The van der Waals surface area contributed by atoms with Crippen LogP contribution in [0, 0.1) is 13.8 Å². The van der Waals surface area contributed by atoms with Crippen molar-refractivity contribution in [3.8, 4) is 5.75 Å². The number of carbonyl (C=O) groups is 1. The number of aryl methyl sites for hydroxylation is 2. The summed E-state index contributed by atoms with van der Waals surface area (Å²) in [4.78, 5) is 12.5. The van der Waals surface area contributed by atoms with E-state index >= 15 is 0 Å². The number of furan rings is 1. The highest BCUT2D eigenvalue weighted by Gasteiger charge is 2.18. The Labute approximate surface area is 134 Å². The van der Waals surface area contributed by atoms with E-state index in [9.17, 15) is 4.79 Å². The van der Waals surface area contributed by atoms with Crippen LogP contribution in [0.5, 0.6) is 5.75 Å². The molecule has 120 valence electrons. The minimum absolute atomic E-state index is 0.245. The van der Waals surface area contributed by atoms with Crippen molar-refractivity contribution in [3.05, 3.63) is 41.4 Å². The van der Waals surface area contributed by atoms with Crippen molar-refractivity contribution >= 4 is 22.6 Å². The average Bonchev–Trinajstić information content (AvgIpc) is 3.05. The van der Waals surface area contributed by atoms with E-state index in [1.54, 1.807) is 10.7 Å². The number of ether oxygens (including phenoxy) is 1. The summed E-state index contributed by atoms with van der Waals surface area (Å²) in [5, 5.41) is 8.00. The first kappa shape index (κ1) is 15.1. The van der Waals surface area contributed by atoms with Crippen molar-refractivity contribution in [1.29, 1.82) is 0 Å². The van der Waals surface area contributed by atoms with E-state index in [2.05, 4.69) is 10.4 Å². The van der Waals surface area contributed by atoms with Crippen LogP contribution in [0.1, 0.15) is 28.9 Å². The maximum absolute atomic E-state index is 12.5. The van der Waals surface area contributed by atoms with Crippen molar-refractivity contribution in [1.82, 2.24) is 9.78 Å². The third-order valence-electron chi connectivity index (χ3n) is 3.78. The predicted octanol–water partition coefficient (Wildman–Crippen LogP) is 3.43. The number of aromatic nitrogens is 2. The number of hydrogen-bond donors (Lipinski definition) is 1. The van der Waals surface area contributed by atoms with Crippen molar-refractivity contribution < 1.29 is 13.9 Å². The molecule has 2 aromatic heterocycles. The van der Waals surface area contributed by atoms with Gasteiger partial charge in [0.15, 0.2) is 17.1 Å². The number of nitrogens with one attached hydrogen (secondary N) is 1. The zero-order chi connectivity index (χ0) is 16.6. The summed E-state index contributed by atoms with van der Waals surface area (Å²) >= 11 is 0. The molecule has 1 amide bonds. The lowest BCUT2D eigenvalue weighted by Gasteiger charge is -2.04. The van der Waals surface area contributed by atoms with E-state index in [0.29, 0.717) is 23.6 Å². The maximum atomic E-state index is 12.5. The summed E-state index contributed by atoms with van der Waals surface area (Å²) < 4.78 is 13.0. The molecule has 1 aromatic carbocycles. The molecule has 6 nitrogen and oxygen atoms in total. The standard InChI is InChI=1S/C17H19N3O3/c1-5-22-13-8-6-7-12-9-14(23-16(12)13)17(21)18-15-10(2)19-20(4)11(15)3/h6-9H,5H2,1-4H3,(H,18,21). The number of amides is 1. The van der Waals surface area contributed by atoms with Crippen molar-refractivity contribution in [2.45, 2.75) is 20.8 Å². The summed E-state index contributed by atoms with van der Waals surface area (Å²) in [6.07, 6.45) is 0. The van der Waals surface area contributed by atoms with Crippen LogP contribution in [0.25, 0.3) is 11.0 Å². The van der Waals surface area contributed by atoms with Crippen molar-refractivity contribution in [3.63, 3.8) is 0 Å². The Morgan fingerprint density at radius 1 is 1.39 bits per heavy atom. The summed E-state index contributed by atoms with van der Waals surface area (Å²) in [6.45, 7) is 6.20. The molecule has 0 aliphatic rings. The molecule has 2 heterocycles. The van der Waals surface area contributed by atoms with E-state index in [4.69, 9.17) is 9.15 Å². The molecule has 0 unspecified atom stereocenters. The first-order chi connectivity index (χ1) is 11.0. The highest BCUT2D eigenvalue weighted by Crippen LogP contribution is 2.29. The molecule has 0 aliphatic carbocycles. The molecule has 1 N–H and O–H groups in total. The van der Waals surface area contributed by atoms with Gasteiger partial charge in [0.25, 0.3) is 5.91 Å². The van der Waals surface area contributed by atoms with Gasteiger partial charge in [-0.2, -0.15) is 5.10 Å². The van der Waals surface area contributed by atoms with Crippen LogP contribution in [-0.2, 0) is 7.05 Å². The smallest absolute Gasteiger partial charge is 0.291 e. The third-order valence-corrected chi connectivity index (χ3v) is 3.78. The van der Waals surface area contributed by atoms with Gasteiger partial charge in [-0.3, -0.25) is 9.48 Å². The van der Waals surface area contributed by atoms with E-state index in [-0.39, 0.29) is 11.7 Å². The highest BCUT2D eigenvalue weighted by atomic mass is 16.5. The van der Waals surface area contributed by atoms with Gasteiger partial charge in [-0.15, -0.1) is 0 Å². The number of anilines is 1. The van der Waals surface area contributed by atoms with Crippen LogP contribution in [-0.4, -0.2) is 22.3 Å².